The van der Waals surface area contributed by atoms with Gasteiger partial charge in [0.15, 0.2) is 5.82 Å². The Kier molecular flexibility index (Phi) is 3.78. The molecule has 0 bridgehead atoms. The SMILES string of the molecule is Cc1nc([C@@H]2CCCN(C(=O)c3ccc4c(c3)nc(C)n4C)C2)no1. The van der Waals surface area contributed by atoms with E-state index in [9.17, 15) is 4.79 Å². The number of amides is 1. The van der Waals surface area contributed by atoms with Crippen LogP contribution in [0.1, 0.15) is 46.7 Å². The van der Waals surface area contributed by atoms with Crippen molar-refractivity contribution in [2.24, 2.45) is 7.05 Å². The van der Waals surface area contributed by atoms with Gasteiger partial charge in [0.1, 0.15) is 5.82 Å². The molecular weight excluding hydrogens is 318 g/mol. The lowest BCUT2D eigenvalue weighted by molar-refractivity contribution is 0.0703. The predicted molar refractivity (Wildman–Crippen MR) is 92.4 cm³/mol. The Hall–Kier alpha value is -2.70. The lowest BCUT2D eigenvalue weighted by atomic mass is 9.96. The predicted octanol–water partition coefficient (Wildman–Crippen LogP) is 2.59. The highest BCUT2D eigenvalue weighted by atomic mass is 16.5. The number of carbonyl (C=O) groups is 1. The van der Waals surface area contributed by atoms with Crippen molar-refractivity contribution in [2.75, 3.05) is 13.1 Å². The molecule has 7 heteroatoms. The van der Waals surface area contributed by atoms with Crippen molar-refractivity contribution < 1.29 is 9.32 Å². The van der Waals surface area contributed by atoms with E-state index in [2.05, 4.69) is 15.1 Å². The maximum Gasteiger partial charge on any atom is 0.253 e. The van der Waals surface area contributed by atoms with Crippen LogP contribution in [0.2, 0.25) is 0 Å². The molecule has 0 saturated carbocycles. The van der Waals surface area contributed by atoms with Crippen molar-refractivity contribution in [3.63, 3.8) is 0 Å². The van der Waals surface area contributed by atoms with Gasteiger partial charge in [-0.25, -0.2) is 4.98 Å². The van der Waals surface area contributed by atoms with E-state index in [0.29, 0.717) is 23.8 Å². The Morgan fingerprint density at radius 3 is 2.88 bits per heavy atom. The van der Waals surface area contributed by atoms with Crippen molar-refractivity contribution in [1.82, 2.24) is 24.6 Å². The van der Waals surface area contributed by atoms with Gasteiger partial charge in [-0.2, -0.15) is 4.98 Å². The average Bonchev–Trinajstić information content (AvgIpc) is 3.18. The topological polar surface area (TPSA) is 77.1 Å². The number of benzene rings is 1. The second-order valence-corrected chi connectivity index (χ2v) is 6.68. The van der Waals surface area contributed by atoms with Gasteiger partial charge in [-0.3, -0.25) is 4.79 Å². The molecule has 0 unspecified atom stereocenters. The van der Waals surface area contributed by atoms with E-state index in [0.717, 1.165) is 36.2 Å². The first-order chi connectivity index (χ1) is 12.0. The van der Waals surface area contributed by atoms with Gasteiger partial charge in [0.25, 0.3) is 5.91 Å². The molecule has 3 heterocycles. The number of fused-ring (bicyclic) bond motifs is 1. The Labute approximate surface area is 145 Å². The fourth-order valence-corrected chi connectivity index (χ4v) is 3.49. The van der Waals surface area contributed by atoms with Crippen LogP contribution >= 0.6 is 0 Å². The summed E-state index contributed by atoms with van der Waals surface area (Å²) in [5, 5.41) is 4.02. The molecule has 0 N–H and O–H groups in total. The first-order valence-corrected chi connectivity index (χ1v) is 8.55. The van der Waals surface area contributed by atoms with Crippen molar-refractivity contribution in [3.05, 3.63) is 41.3 Å². The Bertz CT molecular complexity index is 942. The molecule has 1 amide bonds. The molecule has 4 rings (SSSR count). The lowest BCUT2D eigenvalue weighted by Crippen LogP contribution is -2.39. The minimum atomic E-state index is 0.0372. The lowest BCUT2D eigenvalue weighted by Gasteiger charge is -2.31. The molecule has 25 heavy (non-hydrogen) atoms. The molecule has 1 saturated heterocycles. The number of aromatic nitrogens is 4. The molecule has 1 aromatic carbocycles. The number of imidazole rings is 1. The van der Waals surface area contributed by atoms with Gasteiger partial charge in [-0.15, -0.1) is 0 Å². The monoisotopic (exact) mass is 339 g/mol. The molecule has 7 nitrogen and oxygen atoms in total. The number of hydrogen-bond donors (Lipinski definition) is 0. The van der Waals surface area contributed by atoms with Crippen molar-refractivity contribution in [3.8, 4) is 0 Å². The van der Waals surface area contributed by atoms with Gasteiger partial charge < -0.3 is 14.0 Å². The summed E-state index contributed by atoms with van der Waals surface area (Å²) in [6.07, 6.45) is 1.91. The van der Waals surface area contributed by atoms with Crippen molar-refractivity contribution in [1.29, 1.82) is 0 Å². The number of carbonyl (C=O) groups excluding carboxylic acids is 1. The third kappa shape index (κ3) is 2.79. The number of likely N-dealkylation sites (tertiary alicyclic amines) is 1. The first-order valence-electron chi connectivity index (χ1n) is 8.55. The van der Waals surface area contributed by atoms with E-state index in [1.165, 1.54) is 0 Å². The summed E-state index contributed by atoms with van der Waals surface area (Å²) in [7, 11) is 1.98. The number of piperidine rings is 1. The summed E-state index contributed by atoms with van der Waals surface area (Å²) >= 11 is 0. The molecule has 3 aromatic rings. The van der Waals surface area contributed by atoms with E-state index in [1.54, 1.807) is 6.92 Å². The summed E-state index contributed by atoms with van der Waals surface area (Å²) in [6.45, 7) is 5.12. The fraction of sp³-hybridized carbons (Fsp3) is 0.444. The Morgan fingerprint density at radius 2 is 2.12 bits per heavy atom. The molecule has 0 aliphatic carbocycles. The van der Waals surface area contributed by atoms with Crippen molar-refractivity contribution in [2.45, 2.75) is 32.6 Å². The van der Waals surface area contributed by atoms with Crippen LogP contribution in [0.3, 0.4) is 0 Å². The first kappa shape index (κ1) is 15.8. The average molecular weight is 339 g/mol. The third-order valence-corrected chi connectivity index (χ3v) is 4.97. The maximum atomic E-state index is 12.9. The number of hydrogen-bond acceptors (Lipinski definition) is 5. The van der Waals surface area contributed by atoms with E-state index in [-0.39, 0.29) is 11.8 Å². The standard InChI is InChI=1S/C18H21N5O2/c1-11-19-15-9-13(6-7-16(15)22(11)3)18(24)23-8-4-5-14(10-23)17-20-12(2)25-21-17/h6-7,9,14H,4-5,8,10H2,1-3H3/t14-/m1/s1. The smallest absolute Gasteiger partial charge is 0.253 e. The zero-order valence-electron chi connectivity index (χ0n) is 14.7. The highest BCUT2D eigenvalue weighted by Gasteiger charge is 2.28. The minimum absolute atomic E-state index is 0.0372. The Balaban J connectivity index is 1.57. The summed E-state index contributed by atoms with van der Waals surface area (Å²) in [5.41, 5.74) is 2.57. The van der Waals surface area contributed by atoms with Gasteiger partial charge in [0.2, 0.25) is 5.89 Å². The quantitative estimate of drug-likeness (QED) is 0.717. The van der Waals surface area contributed by atoms with Gasteiger partial charge >= 0.3 is 0 Å². The largest absolute Gasteiger partial charge is 0.340 e. The fourth-order valence-electron chi connectivity index (χ4n) is 3.49. The molecule has 1 aliphatic rings. The highest BCUT2D eigenvalue weighted by Crippen LogP contribution is 2.26. The summed E-state index contributed by atoms with van der Waals surface area (Å²) in [6, 6.07) is 5.73. The summed E-state index contributed by atoms with van der Waals surface area (Å²) in [5.74, 6) is 2.37. The zero-order chi connectivity index (χ0) is 17.6. The van der Waals surface area contributed by atoms with E-state index < -0.39 is 0 Å². The van der Waals surface area contributed by atoms with Gasteiger partial charge in [-0.05, 0) is 38.0 Å². The number of rotatable bonds is 2. The number of nitrogens with zero attached hydrogens (tertiary/aromatic N) is 5. The zero-order valence-corrected chi connectivity index (χ0v) is 14.7. The molecule has 1 atom stereocenters. The van der Waals surface area contributed by atoms with Crippen LogP contribution < -0.4 is 0 Å². The van der Waals surface area contributed by atoms with E-state index >= 15 is 0 Å². The minimum Gasteiger partial charge on any atom is -0.340 e. The number of aryl methyl sites for hydroxylation is 3. The molecule has 2 aromatic heterocycles. The second kappa shape index (κ2) is 5.98. The maximum absolute atomic E-state index is 12.9. The van der Waals surface area contributed by atoms with Crippen LogP contribution in [0.15, 0.2) is 22.7 Å². The van der Waals surface area contributed by atoms with E-state index in [4.69, 9.17) is 4.52 Å². The molecule has 130 valence electrons. The second-order valence-electron chi connectivity index (χ2n) is 6.68. The molecule has 0 radical (unpaired) electrons. The summed E-state index contributed by atoms with van der Waals surface area (Å²) < 4.78 is 7.11. The van der Waals surface area contributed by atoms with Gasteiger partial charge in [0, 0.05) is 38.5 Å². The molecule has 1 aliphatic heterocycles. The van der Waals surface area contributed by atoms with Crippen LogP contribution in [0.4, 0.5) is 0 Å². The van der Waals surface area contributed by atoms with Crippen molar-refractivity contribution >= 4 is 16.9 Å². The summed E-state index contributed by atoms with van der Waals surface area (Å²) in [4.78, 5) is 23.7. The normalized spacial score (nSPS) is 18.0. The highest BCUT2D eigenvalue weighted by molar-refractivity contribution is 5.97. The third-order valence-electron chi connectivity index (χ3n) is 4.97. The van der Waals surface area contributed by atoms with E-state index in [1.807, 2.05) is 41.6 Å². The molecule has 1 fully saturated rings. The molecule has 0 spiro atoms. The Morgan fingerprint density at radius 1 is 1.28 bits per heavy atom. The van der Waals surface area contributed by atoms with Crippen LogP contribution in [0.5, 0.6) is 0 Å². The molecular formula is C18H21N5O2. The van der Waals surface area contributed by atoms with Crippen LogP contribution in [0, 0.1) is 13.8 Å². The van der Waals surface area contributed by atoms with Crippen LogP contribution in [-0.2, 0) is 7.05 Å². The van der Waals surface area contributed by atoms with Gasteiger partial charge in [-0.1, -0.05) is 5.16 Å². The van der Waals surface area contributed by atoms with Crippen LogP contribution in [0.25, 0.3) is 11.0 Å². The van der Waals surface area contributed by atoms with Gasteiger partial charge in [0.05, 0.1) is 11.0 Å². The van der Waals surface area contributed by atoms with Crippen LogP contribution in [-0.4, -0.2) is 43.6 Å².